The van der Waals surface area contributed by atoms with Gasteiger partial charge in [-0.2, -0.15) is 4.98 Å². The Hall–Kier alpha value is -2.28. The van der Waals surface area contributed by atoms with Gasteiger partial charge >= 0.3 is 0 Å². The molecule has 1 aliphatic rings. The number of aromatic nitrogens is 2. The molecule has 0 fully saturated rings. The Morgan fingerprint density at radius 3 is 2.67 bits per heavy atom. The normalized spacial score (nSPS) is 16.5. The monoisotopic (exact) mass is 345 g/mol. The van der Waals surface area contributed by atoms with E-state index < -0.39 is 0 Å². The predicted molar refractivity (Wildman–Crippen MR) is 94.0 cm³/mol. The number of ether oxygens (including phenoxy) is 1. The lowest BCUT2D eigenvalue weighted by Gasteiger charge is -2.27. The largest absolute Gasteiger partial charge is 0.494 e. The van der Waals surface area contributed by atoms with Crippen molar-refractivity contribution >= 4 is 23.5 Å². The SMILES string of the molecule is CCOc1ccc([C@@H]2CC(=O)Nc3c2c(=O)nc(SC)n3C)cc1. The van der Waals surface area contributed by atoms with Gasteiger partial charge in [-0.15, -0.1) is 0 Å². The molecule has 0 radical (unpaired) electrons. The standard InChI is InChI=1S/C17H19N3O3S/c1-4-23-11-7-5-10(6-8-11)12-9-13(21)18-15-14(12)16(22)19-17(24-3)20(15)2/h5-8,12H,4,9H2,1-3H3,(H,18,21)/t12-/m0/s1. The molecular weight excluding hydrogens is 326 g/mol. The van der Waals surface area contributed by atoms with Gasteiger partial charge in [0.2, 0.25) is 5.91 Å². The highest BCUT2D eigenvalue weighted by molar-refractivity contribution is 7.98. The number of carbonyl (C=O) groups is 1. The number of nitrogens with zero attached hydrogens (tertiary/aromatic N) is 2. The van der Waals surface area contributed by atoms with Gasteiger partial charge in [0, 0.05) is 19.4 Å². The van der Waals surface area contributed by atoms with Gasteiger partial charge in [-0.25, -0.2) is 0 Å². The van der Waals surface area contributed by atoms with Gasteiger partial charge < -0.3 is 14.6 Å². The Morgan fingerprint density at radius 1 is 1.33 bits per heavy atom. The molecule has 1 aromatic carbocycles. The number of nitrogens with one attached hydrogen (secondary N) is 1. The zero-order valence-electron chi connectivity index (χ0n) is 13.8. The van der Waals surface area contributed by atoms with Crippen LogP contribution in [-0.4, -0.2) is 28.3 Å². The van der Waals surface area contributed by atoms with E-state index in [0.29, 0.717) is 23.1 Å². The zero-order valence-corrected chi connectivity index (χ0v) is 14.6. The number of benzene rings is 1. The first kappa shape index (κ1) is 16.6. The van der Waals surface area contributed by atoms with Crippen LogP contribution >= 0.6 is 11.8 Å². The lowest BCUT2D eigenvalue weighted by molar-refractivity contribution is -0.116. The Bertz CT molecular complexity index is 830. The number of anilines is 1. The van der Waals surface area contributed by atoms with Crippen LogP contribution in [0.2, 0.25) is 0 Å². The quantitative estimate of drug-likeness (QED) is 0.680. The minimum atomic E-state index is -0.300. The fourth-order valence-corrected chi connectivity index (χ4v) is 3.50. The number of carbonyl (C=O) groups excluding carboxylic acids is 1. The first-order valence-electron chi connectivity index (χ1n) is 7.72. The van der Waals surface area contributed by atoms with Crippen molar-refractivity contribution in [2.45, 2.75) is 24.4 Å². The molecule has 6 nitrogen and oxygen atoms in total. The van der Waals surface area contributed by atoms with E-state index in [1.807, 2.05) is 37.4 Å². The van der Waals surface area contributed by atoms with Crippen molar-refractivity contribution < 1.29 is 9.53 Å². The summed E-state index contributed by atoms with van der Waals surface area (Å²) in [7, 11) is 1.80. The van der Waals surface area contributed by atoms with Crippen LogP contribution in [0, 0.1) is 0 Å². The first-order chi connectivity index (χ1) is 11.5. The summed E-state index contributed by atoms with van der Waals surface area (Å²) in [6.45, 7) is 2.52. The van der Waals surface area contributed by atoms with Gasteiger partial charge in [0.25, 0.3) is 5.56 Å². The molecule has 2 aromatic rings. The summed E-state index contributed by atoms with van der Waals surface area (Å²) in [5, 5.41) is 3.40. The molecule has 3 rings (SSSR count). The number of rotatable bonds is 4. The molecule has 1 amide bonds. The van der Waals surface area contributed by atoms with Crippen LogP contribution in [0.4, 0.5) is 5.82 Å². The van der Waals surface area contributed by atoms with Crippen molar-refractivity contribution in [1.29, 1.82) is 0 Å². The van der Waals surface area contributed by atoms with Crippen LogP contribution < -0.4 is 15.6 Å². The maximum Gasteiger partial charge on any atom is 0.279 e. The van der Waals surface area contributed by atoms with Crippen LogP contribution in [0.25, 0.3) is 0 Å². The minimum absolute atomic E-state index is 0.102. The molecule has 2 heterocycles. The topological polar surface area (TPSA) is 73.2 Å². The average molecular weight is 345 g/mol. The van der Waals surface area contributed by atoms with Crippen molar-refractivity contribution in [3.63, 3.8) is 0 Å². The summed E-state index contributed by atoms with van der Waals surface area (Å²) in [6.07, 6.45) is 2.08. The molecule has 1 atom stereocenters. The maximum atomic E-state index is 12.5. The molecule has 24 heavy (non-hydrogen) atoms. The summed E-state index contributed by atoms with van der Waals surface area (Å²) < 4.78 is 7.22. The van der Waals surface area contributed by atoms with Crippen LogP contribution in [-0.2, 0) is 11.8 Å². The molecule has 0 saturated carbocycles. The summed E-state index contributed by atoms with van der Waals surface area (Å²) in [4.78, 5) is 28.9. The second-order valence-corrected chi connectivity index (χ2v) is 6.31. The van der Waals surface area contributed by atoms with E-state index >= 15 is 0 Å². The van der Waals surface area contributed by atoms with Crippen molar-refractivity contribution in [3.05, 3.63) is 45.7 Å². The number of thioether (sulfide) groups is 1. The van der Waals surface area contributed by atoms with Crippen LogP contribution in [0.1, 0.15) is 30.4 Å². The van der Waals surface area contributed by atoms with Gasteiger partial charge in [-0.05, 0) is 30.9 Å². The molecule has 1 aliphatic heterocycles. The second kappa shape index (κ2) is 6.68. The van der Waals surface area contributed by atoms with Gasteiger partial charge in [0.15, 0.2) is 5.16 Å². The van der Waals surface area contributed by atoms with Crippen LogP contribution in [0.15, 0.2) is 34.2 Å². The molecule has 0 spiro atoms. The van der Waals surface area contributed by atoms with Crippen LogP contribution in [0.3, 0.4) is 0 Å². The van der Waals surface area contributed by atoms with Gasteiger partial charge in [0.05, 0.1) is 12.2 Å². The Labute approximate surface area is 144 Å². The molecule has 1 N–H and O–H groups in total. The number of fused-ring (bicyclic) bond motifs is 1. The van der Waals surface area contributed by atoms with E-state index in [1.54, 1.807) is 11.6 Å². The smallest absolute Gasteiger partial charge is 0.279 e. The van der Waals surface area contributed by atoms with Crippen molar-refractivity contribution in [2.24, 2.45) is 7.05 Å². The van der Waals surface area contributed by atoms with E-state index in [0.717, 1.165) is 11.3 Å². The van der Waals surface area contributed by atoms with E-state index in [1.165, 1.54) is 11.8 Å². The molecule has 7 heteroatoms. The Kier molecular flexibility index (Phi) is 4.62. The molecule has 0 bridgehead atoms. The number of amides is 1. The van der Waals surface area contributed by atoms with Crippen molar-refractivity contribution in [1.82, 2.24) is 9.55 Å². The minimum Gasteiger partial charge on any atom is -0.494 e. The predicted octanol–water partition coefficient (Wildman–Crippen LogP) is 2.38. The maximum absolute atomic E-state index is 12.5. The molecule has 0 saturated heterocycles. The van der Waals surface area contributed by atoms with E-state index in [9.17, 15) is 9.59 Å². The highest BCUT2D eigenvalue weighted by Crippen LogP contribution is 2.36. The van der Waals surface area contributed by atoms with E-state index in [2.05, 4.69) is 10.3 Å². The molecule has 0 unspecified atom stereocenters. The lowest BCUT2D eigenvalue weighted by Crippen LogP contribution is -2.33. The molecule has 1 aromatic heterocycles. The van der Waals surface area contributed by atoms with Crippen molar-refractivity contribution in [2.75, 3.05) is 18.2 Å². The van der Waals surface area contributed by atoms with Gasteiger partial charge in [0.1, 0.15) is 11.6 Å². The highest BCUT2D eigenvalue weighted by atomic mass is 32.2. The van der Waals surface area contributed by atoms with Crippen molar-refractivity contribution in [3.8, 4) is 5.75 Å². The third-order valence-electron chi connectivity index (χ3n) is 4.08. The van der Waals surface area contributed by atoms with E-state index in [-0.39, 0.29) is 23.8 Å². The summed E-state index contributed by atoms with van der Waals surface area (Å²) in [5.41, 5.74) is 1.16. The van der Waals surface area contributed by atoms with E-state index in [4.69, 9.17) is 4.74 Å². The summed E-state index contributed by atoms with van der Waals surface area (Å²) >= 11 is 1.37. The number of hydrogen-bond acceptors (Lipinski definition) is 5. The Morgan fingerprint density at radius 2 is 2.04 bits per heavy atom. The lowest BCUT2D eigenvalue weighted by atomic mass is 9.87. The third-order valence-corrected chi connectivity index (χ3v) is 4.81. The Balaban J connectivity index is 2.10. The molecular formula is C17H19N3O3S. The molecule has 0 aliphatic carbocycles. The molecule has 126 valence electrons. The van der Waals surface area contributed by atoms with Gasteiger partial charge in [-0.1, -0.05) is 23.9 Å². The summed E-state index contributed by atoms with van der Waals surface area (Å²) in [5.74, 6) is 0.904. The third kappa shape index (κ3) is 2.91. The highest BCUT2D eigenvalue weighted by Gasteiger charge is 2.31. The van der Waals surface area contributed by atoms with Gasteiger partial charge in [-0.3, -0.25) is 9.59 Å². The zero-order chi connectivity index (χ0) is 17.3. The average Bonchev–Trinajstić information content (AvgIpc) is 2.58. The van der Waals surface area contributed by atoms with Crippen LogP contribution in [0.5, 0.6) is 5.75 Å². The first-order valence-corrected chi connectivity index (χ1v) is 8.95. The second-order valence-electron chi connectivity index (χ2n) is 5.53. The fraction of sp³-hybridized carbons (Fsp3) is 0.353. The fourth-order valence-electron chi connectivity index (χ4n) is 2.97. The summed E-state index contributed by atoms with van der Waals surface area (Å²) in [6, 6.07) is 7.53. The number of hydrogen-bond donors (Lipinski definition) is 1.